The van der Waals surface area contributed by atoms with Crippen molar-refractivity contribution in [2.45, 2.75) is 6.92 Å². The summed E-state index contributed by atoms with van der Waals surface area (Å²) in [6.45, 7) is 2.66. The van der Waals surface area contributed by atoms with Gasteiger partial charge in [0.2, 0.25) is 4.38 Å². The maximum Gasteiger partial charge on any atom is 0.403 e. The predicted molar refractivity (Wildman–Crippen MR) is 53.9 cm³/mol. The number of hydrogen-bond acceptors (Lipinski definition) is 5. The molecule has 0 fully saturated rings. The van der Waals surface area contributed by atoms with Crippen molar-refractivity contribution in [2.24, 2.45) is 0 Å². The molecule has 0 bridgehead atoms. The van der Waals surface area contributed by atoms with E-state index in [9.17, 15) is 4.79 Å². The average molecular weight is 229 g/mol. The molecule has 0 saturated carbocycles. The Kier molecular flexibility index (Phi) is 7.64. The highest BCUT2D eigenvalue weighted by Crippen LogP contribution is 2.05. The summed E-state index contributed by atoms with van der Waals surface area (Å²) in [5, 5.41) is 0. The van der Waals surface area contributed by atoms with Crippen LogP contribution in [0, 0.1) is 0 Å². The Morgan fingerprint density at radius 3 is 2.75 bits per heavy atom. The lowest BCUT2D eigenvalue weighted by atomic mass is 10.9. The van der Waals surface area contributed by atoms with E-state index >= 15 is 0 Å². The molecule has 3 nitrogen and oxygen atoms in total. The van der Waals surface area contributed by atoms with Gasteiger partial charge in [-0.05, 0) is 19.1 Å². The van der Waals surface area contributed by atoms with Crippen molar-refractivity contribution in [3.8, 4) is 0 Å². The van der Waals surface area contributed by atoms with Gasteiger partial charge in [-0.25, -0.2) is 4.79 Å². The topological polar surface area (TPSA) is 35.5 Å². The third-order valence-corrected chi connectivity index (χ3v) is 2.09. The van der Waals surface area contributed by atoms with Crippen LogP contribution in [0.2, 0.25) is 0 Å². The molecule has 0 aliphatic carbocycles. The first-order valence-electron chi connectivity index (χ1n) is 3.28. The van der Waals surface area contributed by atoms with E-state index in [0.717, 1.165) is 0 Å². The Bertz CT molecular complexity index is 163. The summed E-state index contributed by atoms with van der Waals surface area (Å²) in [7, 11) is 0. The first-order chi connectivity index (χ1) is 5.66. The third kappa shape index (κ3) is 8.10. The largest absolute Gasteiger partial charge is 0.479 e. The lowest BCUT2D eigenvalue weighted by molar-refractivity contribution is 0.181. The van der Waals surface area contributed by atoms with Crippen LogP contribution in [0.15, 0.2) is 0 Å². The Morgan fingerprint density at radius 2 is 2.25 bits per heavy atom. The summed E-state index contributed by atoms with van der Waals surface area (Å²) in [6.07, 6.45) is 0. The number of carbonyl (C=O) groups excluding carboxylic acids is 1. The molecule has 70 valence electrons. The van der Waals surface area contributed by atoms with Gasteiger partial charge in [0.15, 0.2) is 0 Å². The second-order valence-electron chi connectivity index (χ2n) is 1.62. The minimum Gasteiger partial charge on any atom is -0.479 e. The molecule has 0 atom stereocenters. The maximum absolute atomic E-state index is 10.1. The summed E-state index contributed by atoms with van der Waals surface area (Å²) >= 11 is 11.0. The van der Waals surface area contributed by atoms with Gasteiger partial charge in [-0.15, -0.1) is 0 Å². The van der Waals surface area contributed by atoms with E-state index in [0.29, 0.717) is 16.7 Å². The molecule has 0 radical (unpaired) electrons. The monoisotopic (exact) mass is 228 g/mol. The number of hydrogen-bond donors (Lipinski definition) is 0. The van der Waals surface area contributed by atoms with Gasteiger partial charge in [-0.1, -0.05) is 11.8 Å². The number of halogens is 1. The highest BCUT2D eigenvalue weighted by Gasteiger charge is 1.99. The fourth-order valence-electron chi connectivity index (χ4n) is 0.406. The standard InChI is InChI=1S/C6H9ClO3S2/c1-2-9-6(11)12-4-3-10-5(7)8/h2-4H2,1H3. The van der Waals surface area contributed by atoms with Crippen molar-refractivity contribution in [3.63, 3.8) is 0 Å². The van der Waals surface area contributed by atoms with Gasteiger partial charge in [-0.3, -0.25) is 0 Å². The summed E-state index contributed by atoms with van der Waals surface area (Å²) in [5.41, 5.74) is -0.794. The molecule has 12 heavy (non-hydrogen) atoms. The van der Waals surface area contributed by atoms with Gasteiger partial charge in [0.1, 0.15) is 6.61 Å². The number of thioether (sulfide) groups is 1. The molecule has 0 N–H and O–H groups in total. The zero-order valence-corrected chi connectivity index (χ0v) is 8.93. The molecule has 0 aliphatic heterocycles. The Labute approximate surface area is 85.7 Å². The fraction of sp³-hybridized carbons (Fsp3) is 0.667. The Morgan fingerprint density at radius 1 is 1.58 bits per heavy atom. The molecule has 0 aromatic carbocycles. The molecule has 0 rings (SSSR count). The van der Waals surface area contributed by atoms with E-state index < -0.39 is 5.43 Å². The van der Waals surface area contributed by atoms with Gasteiger partial charge < -0.3 is 9.47 Å². The van der Waals surface area contributed by atoms with Crippen molar-refractivity contribution >= 4 is 45.4 Å². The molecule has 6 heteroatoms. The molecule has 0 unspecified atom stereocenters. The second kappa shape index (κ2) is 7.64. The Hall–Kier alpha value is -0.0000000000000000555. The smallest absolute Gasteiger partial charge is 0.403 e. The SMILES string of the molecule is CCOC(=S)SCCOC(=O)Cl. The first-order valence-corrected chi connectivity index (χ1v) is 5.05. The van der Waals surface area contributed by atoms with Crippen molar-refractivity contribution in [1.29, 1.82) is 0 Å². The first kappa shape index (κ1) is 12.0. The summed E-state index contributed by atoms with van der Waals surface area (Å²) in [5.74, 6) is 0.567. The van der Waals surface area contributed by atoms with E-state index in [1.807, 2.05) is 6.92 Å². The lowest BCUT2D eigenvalue weighted by Crippen LogP contribution is -2.03. The van der Waals surface area contributed by atoms with E-state index in [1.165, 1.54) is 11.8 Å². The van der Waals surface area contributed by atoms with E-state index in [-0.39, 0.29) is 6.61 Å². The molecule has 0 saturated heterocycles. The summed E-state index contributed by atoms with van der Waals surface area (Å²) < 4.78 is 9.89. The normalized spacial score (nSPS) is 9.17. The highest BCUT2D eigenvalue weighted by molar-refractivity contribution is 8.22. The van der Waals surface area contributed by atoms with Gasteiger partial charge in [0.25, 0.3) is 0 Å². The van der Waals surface area contributed by atoms with Crippen LogP contribution in [-0.4, -0.2) is 28.8 Å². The van der Waals surface area contributed by atoms with Crippen molar-refractivity contribution in [3.05, 3.63) is 0 Å². The lowest BCUT2D eigenvalue weighted by Gasteiger charge is -2.03. The maximum atomic E-state index is 10.1. The molecule has 0 heterocycles. The molecule has 0 aromatic heterocycles. The van der Waals surface area contributed by atoms with Crippen LogP contribution in [0.4, 0.5) is 4.79 Å². The highest BCUT2D eigenvalue weighted by atomic mass is 35.5. The van der Waals surface area contributed by atoms with Gasteiger partial charge >= 0.3 is 5.43 Å². The number of rotatable bonds is 4. The van der Waals surface area contributed by atoms with Crippen LogP contribution in [-0.2, 0) is 9.47 Å². The van der Waals surface area contributed by atoms with Crippen LogP contribution in [0.5, 0.6) is 0 Å². The van der Waals surface area contributed by atoms with Crippen LogP contribution >= 0.6 is 35.6 Å². The number of thiocarbonyl (C=S) groups is 1. The van der Waals surface area contributed by atoms with Crippen molar-refractivity contribution in [2.75, 3.05) is 19.0 Å². The van der Waals surface area contributed by atoms with E-state index in [4.69, 9.17) is 28.6 Å². The molecule has 0 aromatic rings. The molecular formula is C6H9ClO3S2. The molecular weight excluding hydrogens is 220 g/mol. The summed E-state index contributed by atoms with van der Waals surface area (Å²) in [6, 6.07) is 0. The quantitative estimate of drug-likeness (QED) is 0.420. The van der Waals surface area contributed by atoms with Gasteiger partial charge in [0, 0.05) is 17.4 Å². The van der Waals surface area contributed by atoms with Crippen molar-refractivity contribution in [1.82, 2.24) is 0 Å². The molecule has 0 amide bonds. The van der Waals surface area contributed by atoms with Crippen LogP contribution in [0.25, 0.3) is 0 Å². The van der Waals surface area contributed by atoms with Crippen molar-refractivity contribution < 1.29 is 14.3 Å². The van der Waals surface area contributed by atoms with E-state index in [1.54, 1.807) is 0 Å². The minimum absolute atomic E-state index is 0.250. The van der Waals surface area contributed by atoms with Crippen LogP contribution in [0.1, 0.15) is 6.92 Å². The predicted octanol–water partition coefficient (Wildman–Crippen LogP) is 2.42. The third-order valence-electron chi connectivity index (χ3n) is 0.781. The second-order valence-corrected chi connectivity index (χ2v) is 3.62. The zero-order valence-electron chi connectivity index (χ0n) is 6.54. The van der Waals surface area contributed by atoms with Crippen LogP contribution < -0.4 is 0 Å². The fourth-order valence-corrected chi connectivity index (χ4v) is 1.39. The average Bonchev–Trinajstić information content (AvgIpc) is 1.98. The van der Waals surface area contributed by atoms with Crippen LogP contribution in [0.3, 0.4) is 0 Å². The van der Waals surface area contributed by atoms with Gasteiger partial charge in [-0.2, -0.15) is 0 Å². The van der Waals surface area contributed by atoms with Gasteiger partial charge in [0.05, 0.1) is 6.61 Å². The number of ether oxygens (including phenoxy) is 2. The zero-order chi connectivity index (χ0) is 9.40. The Balaban J connectivity index is 3.19. The number of carbonyl (C=O) groups is 1. The summed E-state index contributed by atoms with van der Waals surface area (Å²) in [4.78, 5) is 10.1. The molecule has 0 aliphatic rings. The molecule has 0 spiro atoms. The minimum atomic E-state index is -0.794. The van der Waals surface area contributed by atoms with E-state index in [2.05, 4.69) is 4.74 Å².